The van der Waals surface area contributed by atoms with Crippen molar-refractivity contribution in [3.8, 4) is 45.4 Å². The maximum Gasteiger partial charge on any atom is 0.140 e. The fraction of sp³-hybridized carbons (Fsp3) is 0.0952. The summed E-state index contributed by atoms with van der Waals surface area (Å²) in [5, 5.41) is 0. The highest BCUT2D eigenvalue weighted by Crippen LogP contribution is 2.34. The van der Waals surface area contributed by atoms with Crippen LogP contribution in [0.15, 0.2) is 67.0 Å². The van der Waals surface area contributed by atoms with Crippen molar-refractivity contribution in [3.63, 3.8) is 0 Å². The van der Waals surface area contributed by atoms with E-state index < -0.39 is 0 Å². The molecule has 0 unspecified atom stereocenters. The topological polar surface area (TPSA) is 62.9 Å². The summed E-state index contributed by atoms with van der Waals surface area (Å²) >= 11 is 0. The van der Waals surface area contributed by atoms with Gasteiger partial charge < -0.3 is 19.4 Å². The predicted molar refractivity (Wildman–Crippen MR) is 102 cm³/mol. The summed E-state index contributed by atoms with van der Waals surface area (Å²) in [5.74, 6) is 2.47. The summed E-state index contributed by atoms with van der Waals surface area (Å²) in [7, 11) is 3.33. The van der Waals surface area contributed by atoms with Crippen LogP contribution >= 0.6 is 0 Å². The van der Waals surface area contributed by atoms with E-state index in [-0.39, 0.29) is 0 Å². The molecule has 0 spiro atoms. The molecule has 0 bridgehead atoms. The lowest BCUT2D eigenvalue weighted by Crippen LogP contribution is -1.87. The minimum atomic E-state index is 0.821. The van der Waals surface area contributed by atoms with Crippen LogP contribution in [-0.2, 0) is 0 Å². The van der Waals surface area contributed by atoms with Gasteiger partial charge in [-0.25, -0.2) is 4.98 Å². The third-order valence-electron chi connectivity index (χ3n) is 4.32. The minimum Gasteiger partial charge on any atom is -0.497 e. The van der Waals surface area contributed by atoms with Gasteiger partial charge >= 0.3 is 0 Å². The van der Waals surface area contributed by atoms with Crippen molar-refractivity contribution >= 4 is 0 Å². The van der Waals surface area contributed by atoms with Gasteiger partial charge in [-0.3, -0.25) is 0 Å². The van der Waals surface area contributed by atoms with Gasteiger partial charge in [-0.1, -0.05) is 0 Å². The Labute approximate surface area is 151 Å². The number of ether oxygens (including phenoxy) is 2. The molecule has 0 atom stereocenters. The van der Waals surface area contributed by atoms with Crippen LogP contribution in [-0.4, -0.2) is 29.2 Å². The molecule has 0 radical (unpaired) electrons. The summed E-state index contributed by atoms with van der Waals surface area (Å²) < 4.78 is 10.5. The molecule has 2 aromatic heterocycles. The summed E-state index contributed by atoms with van der Waals surface area (Å²) in [6.45, 7) is 0. The Morgan fingerprint density at radius 3 is 1.88 bits per heavy atom. The first-order valence-corrected chi connectivity index (χ1v) is 8.30. The fourth-order valence-corrected chi connectivity index (χ4v) is 2.91. The average Bonchev–Trinajstić information content (AvgIpc) is 3.38. The molecule has 5 nitrogen and oxygen atoms in total. The number of aromatic nitrogens is 3. The zero-order chi connectivity index (χ0) is 17.9. The number of rotatable bonds is 5. The lowest BCUT2D eigenvalue weighted by molar-refractivity contribution is 0.414. The second-order valence-corrected chi connectivity index (χ2v) is 5.87. The zero-order valence-corrected chi connectivity index (χ0v) is 14.6. The van der Waals surface area contributed by atoms with Gasteiger partial charge in [0.25, 0.3) is 0 Å². The Balaban J connectivity index is 1.84. The molecule has 0 fully saturated rings. The van der Waals surface area contributed by atoms with Crippen LogP contribution in [0.5, 0.6) is 11.5 Å². The van der Waals surface area contributed by atoms with E-state index >= 15 is 0 Å². The van der Waals surface area contributed by atoms with Gasteiger partial charge in [0.1, 0.15) is 17.3 Å². The van der Waals surface area contributed by atoms with Crippen molar-refractivity contribution in [1.82, 2.24) is 15.0 Å². The van der Waals surface area contributed by atoms with Gasteiger partial charge in [0, 0.05) is 29.1 Å². The molecule has 0 aliphatic rings. The Morgan fingerprint density at radius 2 is 1.35 bits per heavy atom. The fourth-order valence-electron chi connectivity index (χ4n) is 2.91. The third-order valence-corrected chi connectivity index (χ3v) is 4.32. The number of hydrogen-bond donors (Lipinski definition) is 2. The van der Waals surface area contributed by atoms with E-state index in [4.69, 9.17) is 14.5 Å². The number of hydrogen-bond acceptors (Lipinski definition) is 3. The Morgan fingerprint density at radius 1 is 0.731 bits per heavy atom. The first-order valence-electron chi connectivity index (χ1n) is 8.30. The van der Waals surface area contributed by atoms with E-state index in [2.05, 4.69) is 9.97 Å². The van der Waals surface area contributed by atoms with Gasteiger partial charge in [0.2, 0.25) is 0 Å². The van der Waals surface area contributed by atoms with Crippen LogP contribution in [0.3, 0.4) is 0 Å². The molecule has 26 heavy (non-hydrogen) atoms. The number of methoxy groups -OCH3 is 2. The van der Waals surface area contributed by atoms with Gasteiger partial charge in [-0.15, -0.1) is 0 Å². The van der Waals surface area contributed by atoms with Crippen molar-refractivity contribution < 1.29 is 9.47 Å². The smallest absolute Gasteiger partial charge is 0.140 e. The molecular formula is C21H19N3O2. The lowest BCUT2D eigenvalue weighted by Gasteiger charge is -2.06. The largest absolute Gasteiger partial charge is 0.497 e. The standard InChI is InChI=1S/C21H19N3O2/c1-25-17-7-3-14(4-8-17)19-20(15-5-9-18(26-2)10-6-15)24-21(23-19)16-11-12-22-13-16/h3-13,22H,1-2H3,(H,23,24). The van der Waals surface area contributed by atoms with Crippen molar-refractivity contribution in [2.24, 2.45) is 0 Å². The molecule has 4 aromatic rings. The molecular weight excluding hydrogens is 326 g/mol. The van der Waals surface area contributed by atoms with Crippen molar-refractivity contribution in [2.45, 2.75) is 0 Å². The molecule has 0 amide bonds. The second-order valence-electron chi connectivity index (χ2n) is 5.87. The predicted octanol–water partition coefficient (Wildman–Crippen LogP) is 4.76. The maximum absolute atomic E-state index is 5.27. The van der Waals surface area contributed by atoms with E-state index in [1.807, 2.05) is 67.0 Å². The first kappa shape index (κ1) is 16.0. The van der Waals surface area contributed by atoms with E-state index in [1.165, 1.54) is 0 Å². The number of nitrogens with zero attached hydrogens (tertiary/aromatic N) is 1. The highest BCUT2D eigenvalue weighted by Gasteiger charge is 2.15. The molecule has 0 saturated heterocycles. The number of H-pyrrole nitrogens is 2. The molecule has 0 saturated carbocycles. The first-order chi connectivity index (χ1) is 12.8. The molecule has 2 heterocycles. The molecule has 2 N–H and O–H groups in total. The number of imidazole rings is 1. The van der Waals surface area contributed by atoms with Gasteiger partial charge in [0.05, 0.1) is 25.6 Å². The van der Waals surface area contributed by atoms with Gasteiger partial charge in [-0.2, -0.15) is 0 Å². The normalized spacial score (nSPS) is 10.7. The van der Waals surface area contributed by atoms with Crippen LogP contribution in [0, 0.1) is 0 Å². The number of aromatic amines is 2. The van der Waals surface area contributed by atoms with Crippen LogP contribution < -0.4 is 9.47 Å². The third kappa shape index (κ3) is 2.95. The van der Waals surface area contributed by atoms with Crippen molar-refractivity contribution in [3.05, 3.63) is 67.0 Å². The monoisotopic (exact) mass is 345 g/mol. The van der Waals surface area contributed by atoms with Crippen molar-refractivity contribution in [1.29, 1.82) is 0 Å². The Hall–Kier alpha value is -3.47. The van der Waals surface area contributed by atoms with Gasteiger partial charge in [0.15, 0.2) is 0 Å². The van der Waals surface area contributed by atoms with Gasteiger partial charge in [-0.05, 0) is 54.6 Å². The maximum atomic E-state index is 5.27. The zero-order valence-electron chi connectivity index (χ0n) is 14.6. The summed E-state index contributed by atoms with van der Waals surface area (Å²) in [6, 6.07) is 17.9. The number of benzene rings is 2. The van der Waals surface area contributed by atoms with E-state index in [0.29, 0.717) is 0 Å². The van der Waals surface area contributed by atoms with E-state index in [0.717, 1.165) is 45.4 Å². The molecule has 5 heteroatoms. The van der Waals surface area contributed by atoms with Crippen LogP contribution in [0.1, 0.15) is 0 Å². The highest BCUT2D eigenvalue weighted by molar-refractivity contribution is 5.81. The van der Waals surface area contributed by atoms with Crippen LogP contribution in [0.4, 0.5) is 0 Å². The van der Waals surface area contributed by atoms with Crippen LogP contribution in [0.2, 0.25) is 0 Å². The molecule has 2 aromatic carbocycles. The Bertz CT molecular complexity index is 920. The second kappa shape index (κ2) is 6.80. The molecule has 4 rings (SSSR count). The average molecular weight is 345 g/mol. The molecule has 0 aliphatic heterocycles. The van der Waals surface area contributed by atoms with Crippen molar-refractivity contribution in [2.75, 3.05) is 14.2 Å². The van der Waals surface area contributed by atoms with E-state index in [1.54, 1.807) is 14.2 Å². The lowest BCUT2D eigenvalue weighted by atomic mass is 10.0. The van der Waals surface area contributed by atoms with E-state index in [9.17, 15) is 0 Å². The summed E-state index contributed by atoms with van der Waals surface area (Å²) in [5.41, 5.74) is 4.95. The summed E-state index contributed by atoms with van der Waals surface area (Å²) in [6.07, 6.45) is 3.81. The quantitative estimate of drug-likeness (QED) is 0.548. The Kier molecular flexibility index (Phi) is 4.19. The molecule has 130 valence electrons. The SMILES string of the molecule is COc1ccc(-c2nc(-c3cc[nH]c3)[nH]c2-c2ccc(OC)cc2)cc1. The molecule has 0 aliphatic carbocycles. The highest BCUT2D eigenvalue weighted by atomic mass is 16.5. The summed E-state index contributed by atoms with van der Waals surface area (Å²) in [4.78, 5) is 11.4. The van der Waals surface area contributed by atoms with Crippen LogP contribution in [0.25, 0.3) is 33.9 Å². The minimum absolute atomic E-state index is 0.821. The number of nitrogens with one attached hydrogen (secondary N) is 2.